The fraction of sp³-hybridized carbons (Fsp3) is 0. The van der Waals surface area contributed by atoms with Crippen LogP contribution in [0, 0.1) is 0 Å². The number of nitrogens with one attached hydrogen (secondary N) is 1. The average molecular weight is 160 g/mol. The van der Waals surface area contributed by atoms with Crippen LogP contribution in [0.1, 0.15) is 0 Å². The van der Waals surface area contributed by atoms with E-state index in [9.17, 15) is 0 Å². The van der Waals surface area contributed by atoms with Gasteiger partial charge in [-0.2, -0.15) is 0 Å². The maximum atomic E-state index is 3.91. The molecule has 1 N–H and O–H groups in total. The summed E-state index contributed by atoms with van der Waals surface area (Å²) in [6.07, 6.45) is 4.76. The molecule has 0 aliphatic heterocycles. The molecule has 4 nitrogen and oxygen atoms in total. The van der Waals surface area contributed by atoms with Gasteiger partial charge in [0.15, 0.2) is 5.65 Å². The third kappa shape index (κ3) is 1.28. The first kappa shape index (κ1) is 7.91. The molecule has 0 fully saturated rings. The molecule has 2 aromatic rings. The second-order valence-corrected chi connectivity index (χ2v) is 1.66. The van der Waals surface area contributed by atoms with Gasteiger partial charge in [-0.25, -0.2) is 15.0 Å². The smallest absolute Gasteiger partial charge is 0.180 e. The molecule has 0 unspecified atom stereocenters. The summed E-state index contributed by atoms with van der Waals surface area (Å²) in [5.41, 5.74) is 1.59. The van der Waals surface area contributed by atoms with Crippen LogP contribution >= 0.6 is 0 Å². The van der Waals surface area contributed by atoms with E-state index in [4.69, 9.17) is 0 Å². The monoisotopic (exact) mass is 160 g/mol. The maximum absolute atomic E-state index is 3.91. The van der Waals surface area contributed by atoms with Gasteiger partial charge < -0.3 is 4.98 Å². The van der Waals surface area contributed by atoms with Crippen LogP contribution in [0.3, 0.4) is 0 Å². The minimum absolute atomic E-state index is 0. The molecule has 10 heavy (non-hydrogen) atoms. The summed E-state index contributed by atoms with van der Waals surface area (Å²) in [4.78, 5) is 14.5. The van der Waals surface area contributed by atoms with Gasteiger partial charge in [0.1, 0.15) is 11.8 Å². The number of nitrogens with zero attached hydrogens (tertiary/aromatic N) is 3. The van der Waals surface area contributed by atoms with Gasteiger partial charge in [-0.3, -0.25) is 0 Å². The number of hydrogen-bond acceptors (Lipinski definition) is 3. The normalized spacial score (nSPS) is 9.20. The van der Waals surface area contributed by atoms with Gasteiger partial charge in [0.2, 0.25) is 0 Å². The Balaban J connectivity index is 0.000000500. The Morgan fingerprint density at radius 3 is 3.00 bits per heavy atom. The molecule has 0 saturated carbocycles. The zero-order chi connectivity index (χ0) is 6.10. The molecule has 0 saturated heterocycles. The van der Waals surface area contributed by atoms with E-state index in [1.165, 1.54) is 6.33 Å². The van der Waals surface area contributed by atoms with Gasteiger partial charge in [-0.15, -0.1) is 0 Å². The number of aromatic nitrogens is 4. The topological polar surface area (TPSA) is 54.5 Å². The fourth-order valence-corrected chi connectivity index (χ4v) is 0.691. The van der Waals surface area contributed by atoms with E-state index >= 15 is 0 Å². The summed E-state index contributed by atoms with van der Waals surface area (Å²) in [6, 6.07) is 0. The van der Waals surface area contributed by atoms with E-state index in [1.807, 2.05) is 0 Å². The van der Waals surface area contributed by atoms with Crippen LogP contribution in [0.15, 0.2) is 18.9 Å². The molecular weight excluding hydrogens is 156 g/mol. The van der Waals surface area contributed by atoms with Gasteiger partial charge in [0.05, 0.1) is 12.5 Å². The van der Waals surface area contributed by atoms with Crippen molar-refractivity contribution in [3.05, 3.63) is 18.9 Å². The van der Waals surface area contributed by atoms with Crippen molar-refractivity contribution in [2.45, 2.75) is 0 Å². The van der Waals surface area contributed by atoms with Crippen molar-refractivity contribution in [2.75, 3.05) is 0 Å². The van der Waals surface area contributed by atoms with Crippen molar-refractivity contribution in [3.8, 4) is 0 Å². The predicted molar refractivity (Wildman–Crippen MR) is 37.4 cm³/mol. The van der Waals surface area contributed by atoms with Crippen molar-refractivity contribution in [1.29, 1.82) is 0 Å². The Labute approximate surface area is 87.1 Å². The van der Waals surface area contributed by atoms with Crippen molar-refractivity contribution in [2.24, 2.45) is 0 Å². The van der Waals surface area contributed by atoms with Crippen molar-refractivity contribution in [1.82, 2.24) is 19.9 Å². The van der Waals surface area contributed by atoms with E-state index in [0.717, 1.165) is 5.52 Å². The Morgan fingerprint density at radius 2 is 2.20 bits per heavy atom. The zero-order valence-electron chi connectivity index (χ0n) is 5.28. The summed E-state index contributed by atoms with van der Waals surface area (Å²) in [7, 11) is 0. The quantitative estimate of drug-likeness (QED) is 0.551. The molecule has 0 spiro atoms. The first-order chi connectivity index (χ1) is 4.47. The predicted octanol–water partition coefficient (Wildman–Crippen LogP) is -0.0279. The third-order valence-corrected chi connectivity index (χ3v) is 1.10. The Bertz CT molecular complexity index is 288. The minimum atomic E-state index is 0. The second-order valence-electron chi connectivity index (χ2n) is 1.66. The largest absolute Gasteiger partial charge is 0.342 e. The second kappa shape index (κ2) is 3.27. The maximum Gasteiger partial charge on any atom is 0.180 e. The molecule has 5 heteroatoms. The third-order valence-electron chi connectivity index (χ3n) is 1.10. The summed E-state index contributed by atoms with van der Waals surface area (Å²) >= 11 is 0. The summed E-state index contributed by atoms with van der Waals surface area (Å²) in [5, 5.41) is 0. The number of fused-ring (bicyclic) bond motifs is 1. The molecule has 46 valence electrons. The minimum Gasteiger partial charge on any atom is -0.342 e. The Kier molecular flexibility index (Phi) is 2.59. The molecule has 0 aromatic carbocycles. The molecule has 0 aliphatic rings. The van der Waals surface area contributed by atoms with E-state index in [0.29, 0.717) is 5.65 Å². The SMILES string of the molecule is [Ca].c1ncc2[nH]cnc2n1. The van der Waals surface area contributed by atoms with Crippen LogP contribution in [-0.2, 0) is 0 Å². The summed E-state index contributed by atoms with van der Waals surface area (Å²) in [6.45, 7) is 0. The van der Waals surface area contributed by atoms with E-state index < -0.39 is 0 Å². The van der Waals surface area contributed by atoms with E-state index in [1.54, 1.807) is 12.5 Å². The van der Waals surface area contributed by atoms with Gasteiger partial charge in [-0.1, -0.05) is 0 Å². The van der Waals surface area contributed by atoms with Crippen LogP contribution in [0.5, 0.6) is 0 Å². The molecule has 0 amide bonds. The number of aromatic amines is 1. The van der Waals surface area contributed by atoms with Crippen LogP contribution in [-0.4, -0.2) is 57.7 Å². The van der Waals surface area contributed by atoms with E-state index in [-0.39, 0.29) is 37.7 Å². The molecule has 0 aliphatic carbocycles. The van der Waals surface area contributed by atoms with Gasteiger partial charge >= 0.3 is 0 Å². The molecule has 0 bridgehead atoms. The van der Waals surface area contributed by atoms with Crippen LogP contribution in [0.25, 0.3) is 11.2 Å². The standard InChI is InChI=1S/C5H4N4.Ca/c1-4-5(8-2-6-1)9-3-7-4;/h1-3H,(H,6,7,8,9);. The first-order valence-electron chi connectivity index (χ1n) is 2.56. The molecule has 0 atom stereocenters. The fourth-order valence-electron chi connectivity index (χ4n) is 0.691. The number of H-pyrrole nitrogens is 1. The molecule has 2 heterocycles. The molecule has 2 aromatic heterocycles. The van der Waals surface area contributed by atoms with Crippen LogP contribution in [0.4, 0.5) is 0 Å². The van der Waals surface area contributed by atoms with Crippen molar-refractivity contribution >= 4 is 48.9 Å². The van der Waals surface area contributed by atoms with Crippen molar-refractivity contribution in [3.63, 3.8) is 0 Å². The van der Waals surface area contributed by atoms with Gasteiger partial charge in [0.25, 0.3) is 0 Å². The first-order valence-corrected chi connectivity index (χ1v) is 2.56. The molecule has 2 rings (SSSR count). The Morgan fingerprint density at radius 1 is 1.30 bits per heavy atom. The average Bonchev–Trinajstić information content (AvgIpc) is 2.33. The summed E-state index contributed by atoms with van der Waals surface area (Å²) in [5.74, 6) is 0. The zero-order valence-corrected chi connectivity index (χ0v) is 7.49. The molecule has 2 radical (unpaired) electrons. The van der Waals surface area contributed by atoms with Crippen LogP contribution < -0.4 is 0 Å². The van der Waals surface area contributed by atoms with Gasteiger partial charge in [-0.05, 0) is 0 Å². The molecular formula is C5H4CaN4. The summed E-state index contributed by atoms with van der Waals surface area (Å²) < 4.78 is 0. The number of hydrogen-bond donors (Lipinski definition) is 1. The Hall–Kier alpha value is -0.190. The number of rotatable bonds is 0. The van der Waals surface area contributed by atoms with E-state index in [2.05, 4.69) is 19.9 Å². The number of imidazole rings is 1. The van der Waals surface area contributed by atoms with Gasteiger partial charge in [0, 0.05) is 37.7 Å². The van der Waals surface area contributed by atoms with Crippen LogP contribution in [0.2, 0.25) is 0 Å². The van der Waals surface area contributed by atoms with Crippen molar-refractivity contribution < 1.29 is 0 Å².